The molecule has 4 rings (SSSR count). The van der Waals surface area contributed by atoms with Crippen molar-refractivity contribution >= 4 is 39.1 Å². The highest BCUT2D eigenvalue weighted by Gasteiger charge is 2.27. The molecular formula is C16H13N3O3S. The van der Waals surface area contributed by atoms with Crippen LogP contribution in [0.1, 0.15) is 31.5 Å². The molecule has 0 spiro atoms. The second-order valence-electron chi connectivity index (χ2n) is 5.32. The normalized spacial score (nSPS) is 13.7. The fraction of sp³-hybridized carbons (Fsp3) is 0.188. The summed E-state index contributed by atoms with van der Waals surface area (Å²) < 4.78 is 6.37. The van der Waals surface area contributed by atoms with Crippen LogP contribution < -0.4 is 10.6 Å². The predicted octanol–water partition coefficient (Wildman–Crippen LogP) is 2.74. The molecule has 0 fully saturated rings. The number of nitrogens with zero attached hydrogens (tertiary/aromatic N) is 1. The lowest BCUT2D eigenvalue weighted by molar-refractivity contribution is 0.0932. The van der Waals surface area contributed by atoms with E-state index in [0.717, 1.165) is 15.2 Å². The maximum absolute atomic E-state index is 12.5. The van der Waals surface area contributed by atoms with Crippen molar-refractivity contribution < 1.29 is 14.0 Å². The molecule has 1 aromatic carbocycles. The Hall–Kier alpha value is -2.67. The monoisotopic (exact) mass is 327 g/mol. The molecule has 0 unspecified atom stereocenters. The molecule has 0 atom stereocenters. The third-order valence-corrected chi connectivity index (χ3v) is 4.66. The summed E-state index contributed by atoms with van der Waals surface area (Å²) in [5.74, 6) is -0.0567. The Balaban J connectivity index is 1.64. The van der Waals surface area contributed by atoms with Crippen LogP contribution in [0.15, 0.2) is 28.9 Å². The first-order chi connectivity index (χ1) is 11.1. The zero-order valence-electron chi connectivity index (χ0n) is 12.3. The largest absolute Gasteiger partial charge is 0.468 e. The average molecular weight is 327 g/mol. The summed E-state index contributed by atoms with van der Waals surface area (Å²) in [6.45, 7) is 2.47. The smallest absolute Gasteiger partial charge is 0.259 e. The van der Waals surface area contributed by atoms with Crippen LogP contribution in [0.2, 0.25) is 0 Å². The predicted molar refractivity (Wildman–Crippen MR) is 87.1 cm³/mol. The zero-order chi connectivity index (χ0) is 16.0. The number of anilines is 1. The van der Waals surface area contributed by atoms with Gasteiger partial charge in [-0.05, 0) is 25.1 Å². The number of nitrogens with one attached hydrogen (secondary N) is 2. The number of carbonyl (C=O) groups is 2. The van der Waals surface area contributed by atoms with Crippen molar-refractivity contribution in [2.45, 2.75) is 13.3 Å². The van der Waals surface area contributed by atoms with Crippen molar-refractivity contribution in [1.29, 1.82) is 0 Å². The SMILES string of the molecule is Cc1nc2ccc(NC(=O)c3coc4c3C(=O)NCC4)cc2s1. The van der Waals surface area contributed by atoms with Crippen LogP contribution in [-0.4, -0.2) is 23.3 Å². The first-order valence-electron chi connectivity index (χ1n) is 7.19. The third-order valence-electron chi connectivity index (χ3n) is 3.73. The quantitative estimate of drug-likeness (QED) is 0.758. The van der Waals surface area contributed by atoms with Crippen molar-refractivity contribution in [2.75, 3.05) is 11.9 Å². The van der Waals surface area contributed by atoms with Crippen molar-refractivity contribution in [2.24, 2.45) is 0 Å². The first-order valence-corrected chi connectivity index (χ1v) is 8.00. The van der Waals surface area contributed by atoms with Crippen molar-refractivity contribution in [1.82, 2.24) is 10.3 Å². The van der Waals surface area contributed by atoms with E-state index in [0.29, 0.717) is 30.0 Å². The Labute approximate surface area is 135 Å². The maximum atomic E-state index is 12.5. The summed E-state index contributed by atoms with van der Waals surface area (Å²) in [5, 5.41) is 6.52. The second-order valence-corrected chi connectivity index (χ2v) is 6.56. The third kappa shape index (κ3) is 2.39. The Morgan fingerprint density at radius 1 is 1.43 bits per heavy atom. The molecule has 7 heteroatoms. The molecule has 1 aliphatic rings. The number of aryl methyl sites for hydroxylation is 1. The molecule has 6 nitrogen and oxygen atoms in total. The minimum atomic E-state index is -0.354. The lowest BCUT2D eigenvalue weighted by Crippen LogP contribution is -2.32. The number of amides is 2. The molecule has 0 saturated carbocycles. The highest BCUT2D eigenvalue weighted by Crippen LogP contribution is 2.26. The van der Waals surface area contributed by atoms with Gasteiger partial charge in [0.2, 0.25) is 0 Å². The van der Waals surface area contributed by atoms with Crippen LogP contribution in [0, 0.1) is 6.92 Å². The van der Waals surface area contributed by atoms with E-state index in [2.05, 4.69) is 15.6 Å². The molecule has 0 aliphatic carbocycles. The number of rotatable bonds is 2. The number of fused-ring (bicyclic) bond motifs is 2. The van der Waals surface area contributed by atoms with E-state index in [1.807, 2.05) is 19.1 Å². The Morgan fingerprint density at radius 2 is 2.30 bits per heavy atom. The van der Waals surface area contributed by atoms with E-state index in [-0.39, 0.29) is 17.4 Å². The molecule has 2 N–H and O–H groups in total. The summed E-state index contributed by atoms with van der Waals surface area (Å²) in [5.41, 5.74) is 2.17. The Kier molecular flexibility index (Phi) is 3.16. The van der Waals surface area contributed by atoms with Gasteiger partial charge in [-0.3, -0.25) is 9.59 Å². The average Bonchev–Trinajstić information content (AvgIpc) is 3.10. The van der Waals surface area contributed by atoms with Gasteiger partial charge in [0.15, 0.2) is 0 Å². The fourth-order valence-electron chi connectivity index (χ4n) is 2.69. The van der Waals surface area contributed by atoms with Gasteiger partial charge in [-0.2, -0.15) is 0 Å². The lowest BCUT2D eigenvalue weighted by Gasteiger charge is -2.12. The van der Waals surface area contributed by atoms with E-state index in [9.17, 15) is 9.59 Å². The summed E-state index contributed by atoms with van der Waals surface area (Å²) in [6, 6.07) is 5.54. The van der Waals surface area contributed by atoms with E-state index < -0.39 is 0 Å². The molecule has 2 amide bonds. The molecular weight excluding hydrogens is 314 g/mol. The van der Waals surface area contributed by atoms with Gasteiger partial charge >= 0.3 is 0 Å². The van der Waals surface area contributed by atoms with Crippen LogP contribution in [-0.2, 0) is 6.42 Å². The summed E-state index contributed by atoms with van der Waals surface area (Å²) in [4.78, 5) is 28.8. The molecule has 3 heterocycles. The van der Waals surface area contributed by atoms with Gasteiger partial charge in [0, 0.05) is 18.7 Å². The number of hydrogen-bond donors (Lipinski definition) is 2. The van der Waals surface area contributed by atoms with Crippen LogP contribution in [0.4, 0.5) is 5.69 Å². The first kappa shape index (κ1) is 14.0. The van der Waals surface area contributed by atoms with Gasteiger partial charge in [0.25, 0.3) is 11.8 Å². The molecule has 23 heavy (non-hydrogen) atoms. The van der Waals surface area contributed by atoms with Gasteiger partial charge < -0.3 is 15.1 Å². The zero-order valence-corrected chi connectivity index (χ0v) is 13.1. The standard InChI is InChI=1S/C16H13N3O3S/c1-8-18-11-3-2-9(6-13(11)23-8)19-15(20)10-7-22-12-4-5-17-16(21)14(10)12/h2-3,6-7H,4-5H2,1H3,(H,17,21)(H,19,20). The van der Waals surface area contributed by atoms with Crippen LogP contribution in [0.5, 0.6) is 0 Å². The van der Waals surface area contributed by atoms with Gasteiger partial charge in [0.05, 0.1) is 26.4 Å². The molecule has 1 aliphatic heterocycles. The number of hydrogen-bond acceptors (Lipinski definition) is 5. The van der Waals surface area contributed by atoms with Gasteiger partial charge in [-0.25, -0.2) is 4.98 Å². The van der Waals surface area contributed by atoms with Gasteiger partial charge in [-0.15, -0.1) is 11.3 Å². The number of aromatic nitrogens is 1. The summed E-state index contributed by atoms with van der Waals surface area (Å²) in [6.07, 6.45) is 1.95. The topological polar surface area (TPSA) is 84.2 Å². The van der Waals surface area contributed by atoms with Crippen molar-refractivity contribution in [3.63, 3.8) is 0 Å². The molecule has 0 saturated heterocycles. The summed E-state index contributed by atoms with van der Waals surface area (Å²) >= 11 is 1.57. The van der Waals surface area contributed by atoms with Crippen LogP contribution >= 0.6 is 11.3 Å². The highest BCUT2D eigenvalue weighted by molar-refractivity contribution is 7.18. The van der Waals surface area contributed by atoms with E-state index in [1.165, 1.54) is 6.26 Å². The van der Waals surface area contributed by atoms with Crippen LogP contribution in [0.3, 0.4) is 0 Å². The number of thiazole rings is 1. The number of carbonyl (C=O) groups excluding carboxylic acids is 2. The van der Waals surface area contributed by atoms with E-state index in [4.69, 9.17) is 4.42 Å². The fourth-order valence-corrected chi connectivity index (χ4v) is 3.56. The lowest BCUT2D eigenvalue weighted by atomic mass is 10.0. The molecule has 0 radical (unpaired) electrons. The Morgan fingerprint density at radius 3 is 3.17 bits per heavy atom. The molecule has 3 aromatic rings. The minimum Gasteiger partial charge on any atom is -0.468 e. The maximum Gasteiger partial charge on any atom is 0.259 e. The number of furan rings is 1. The van der Waals surface area contributed by atoms with Gasteiger partial charge in [0.1, 0.15) is 12.0 Å². The van der Waals surface area contributed by atoms with E-state index >= 15 is 0 Å². The number of benzene rings is 1. The minimum absolute atomic E-state index is 0.262. The molecule has 2 aromatic heterocycles. The van der Waals surface area contributed by atoms with Gasteiger partial charge in [-0.1, -0.05) is 0 Å². The highest BCUT2D eigenvalue weighted by atomic mass is 32.1. The van der Waals surface area contributed by atoms with Crippen molar-refractivity contribution in [3.8, 4) is 0 Å². The molecule has 116 valence electrons. The molecule has 0 bridgehead atoms. The second kappa shape index (κ2) is 5.20. The van der Waals surface area contributed by atoms with Crippen molar-refractivity contribution in [3.05, 3.63) is 46.4 Å². The summed E-state index contributed by atoms with van der Waals surface area (Å²) in [7, 11) is 0. The van der Waals surface area contributed by atoms with Crippen LogP contribution in [0.25, 0.3) is 10.2 Å². The Bertz CT molecular complexity index is 941. The van der Waals surface area contributed by atoms with E-state index in [1.54, 1.807) is 17.4 Å².